The lowest BCUT2D eigenvalue weighted by atomic mass is 10.1. The zero-order chi connectivity index (χ0) is 25.1. The number of pyridine rings is 1. The average Bonchev–Trinajstić information content (AvgIpc) is 2.77. The van der Waals surface area contributed by atoms with E-state index in [-0.39, 0.29) is 39.0 Å². The quantitative estimate of drug-likeness (QED) is 0.381. The van der Waals surface area contributed by atoms with Gasteiger partial charge in [0.15, 0.2) is 29.7 Å². The van der Waals surface area contributed by atoms with Crippen molar-refractivity contribution < 1.29 is 26.7 Å². The fourth-order valence-electron chi connectivity index (χ4n) is 2.85. The number of carbonyl (C=O) groups is 1. The number of carboxylic acids is 1. The van der Waals surface area contributed by atoms with Gasteiger partial charge in [-0.3, -0.25) is 4.79 Å². The van der Waals surface area contributed by atoms with Crippen molar-refractivity contribution in [2.45, 2.75) is 23.4 Å². The van der Waals surface area contributed by atoms with Crippen molar-refractivity contribution in [3.63, 3.8) is 0 Å². The molecule has 34 heavy (non-hydrogen) atoms. The summed E-state index contributed by atoms with van der Waals surface area (Å²) >= 11 is 0. The molecule has 0 aromatic carbocycles. The Hall–Kier alpha value is -3.76. The Kier molecular flexibility index (Phi) is 7.04. The van der Waals surface area contributed by atoms with Crippen molar-refractivity contribution >= 4 is 25.6 Å². The maximum atomic E-state index is 12.3. The van der Waals surface area contributed by atoms with Gasteiger partial charge in [-0.25, -0.2) is 41.8 Å². The molecule has 3 aromatic heterocycles. The summed E-state index contributed by atoms with van der Waals surface area (Å²) in [6.45, 7) is 1.51. The van der Waals surface area contributed by atoms with Crippen LogP contribution in [0.4, 0.5) is 0 Å². The van der Waals surface area contributed by atoms with E-state index in [1.807, 2.05) is 0 Å². The van der Waals surface area contributed by atoms with E-state index in [0.29, 0.717) is 5.56 Å². The third-order valence-electron chi connectivity index (χ3n) is 4.49. The van der Waals surface area contributed by atoms with E-state index in [4.69, 9.17) is 5.11 Å². The van der Waals surface area contributed by atoms with Crippen LogP contribution in [0.15, 0.2) is 47.2 Å². The van der Waals surface area contributed by atoms with Crippen molar-refractivity contribution in [3.05, 3.63) is 42.7 Å². The van der Waals surface area contributed by atoms with Crippen molar-refractivity contribution in [1.29, 1.82) is 0 Å². The van der Waals surface area contributed by atoms with Gasteiger partial charge in [-0.05, 0) is 12.1 Å². The molecule has 1 N–H and O–H groups in total. The van der Waals surface area contributed by atoms with Crippen LogP contribution in [-0.4, -0.2) is 65.3 Å². The number of sulfone groups is 2. The molecule has 0 radical (unpaired) electrons. The lowest BCUT2D eigenvalue weighted by molar-refractivity contribution is -0.140. The molecule has 0 bridgehead atoms. The van der Waals surface area contributed by atoms with Crippen LogP contribution in [0, 0.1) is 17.8 Å². The molecule has 176 valence electrons. The summed E-state index contributed by atoms with van der Waals surface area (Å²) in [6.07, 6.45) is 6.77. The first-order valence-electron chi connectivity index (χ1n) is 9.62. The summed E-state index contributed by atoms with van der Waals surface area (Å²) in [5.74, 6) is 3.91. The van der Waals surface area contributed by atoms with E-state index in [1.54, 1.807) is 0 Å². The second-order valence-corrected chi connectivity index (χ2v) is 11.3. The molecular weight excluding hydrogens is 482 g/mol. The minimum Gasteiger partial charge on any atom is -0.481 e. The predicted octanol–water partition coefficient (Wildman–Crippen LogP) is 1.26. The highest BCUT2D eigenvalue weighted by Crippen LogP contribution is 2.29. The highest BCUT2D eigenvalue weighted by Gasteiger charge is 2.21. The summed E-state index contributed by atoms with van der Waals surface area (Å²) in [5.41, 5.74) is 0.761. The topological polar surface area (TPSA) is 170 Å². The molecule has 0 amide bonds. The van der Waals surface area contributed by atoms with Gasteiger partial charge < -0.3 is 5.11 Å². The molecule has 11 nitrogen and oxygen atoms in total. The van der Waals surface area contributed by atoms with E-state index in [0.717, 1.165) is 25.2 Å². The highest BCUT2D eigenvalue weighted by molar-refractivity contribution is 7.91. The Bertz CT molecular complexity index is 1450. The number of nitrogens with zero attached hydrogens (tertiary/aromatic N) is 5. The highest BCUT2D eigenvalue weighted by atomic mass is 32.2. The summed E-state index contributed by atoms with van der Waals surface area (Å²) < 4.78 is 49.0. The molecule has 0 spiro atoms. The van der Waals surface area contributed by atoms with Crippen LogP contribution >= 0.6 is 0 Å². The zero-order valence-electron chi connectivity index (χ0n) is 18.3. The second-order valence-electron chi connectivity index (χ2n) is 7.40. The van der Waals surface area contributed by atoms with E-state index >= 15 is 0 Å². The first-order chi connectivity index (χ1) is 15.9. The maximum Gasteiger partial charge on any atom is 0.307 e. The number of carboxylic acid groups (broad SMARTS) is 1. The van der Waals surface area contributed by atoms with Gasteiger partial charge in [0.05, 0.1) is 28.4 Å². The SMILES string of the molecule is CC(CC#Cc1cc(-c2cncnc2S(C)(=O)=O)nc(-c2cncnc2S(C)(=O)=O)c1)C(=O)O. The molecule has 3 aromatic rings. The van der Waals surface area contributed by atoms with E-state index < -0.39 is 31.6 Å². The fraction of sp³-hybridized carbons (Fsp3) is 0.238. The Morgan fingerprint density at radius 2 is 1.41 bits per heavy atom. The number of aliphatic carboxylic acids is 1. The van der Waals surface area contributed by atoms with Crippen LogP contribution in [0.1, 0.15) is 18.9 Å². The molecule has 0 fully saturated rings. The molecule has 0 aliphatic heterocycles. The predicted molar refractivity (Wildman–Crippen MR) is 121 cm³/mol. The molecule has 1 atom stereocenters. The van der Waals surface area contributed by atoms with Gasteiger partial charge in [-0.1, -0.05) is 18.8 Å². The second kappa shape index (κ2) is 9.62. The van der Waals surface area contributed by atoms with Gasteiger partial charge in [0.2, 0.25) is 0 Å². The molecule has 0 aliphatic rings. The third kappa shape index (κ3) is 5.77. The first kappa shape index (κ1) is 24.9. The van der Waals surface area contributed by atoms with E-state index in [9.17, 15) is 21.6 Å². The van der Waals surface area contributed by atoms with Crippen molar-refractivity contribution in [1.82, 2.24) is 24.9 Å². The summed E-state index contributed by atoms with van der Waals surface area (Å²) in [4.78, 5) is 31.0. The Morgan fingerprint density at radius 3 is 1.82 bits per heavy atom. The minimum absolute atomic E-state index is 0.0639. The van der Waals surface area contributed by atoms with Gasteiger partial charge in [0.1, 0.15) is 12.7 Å². The normalized spacial score (nSPS) is 12.4. The van der Waals surface area contributed by atoms with E-state index in [1.165, 1.54) is 31.5 Å². The molecule has 13 heteroatoms. The van der Waals surface area contributed by atoms with Gasteiger partial charge in [-0.2, -0.15) is 0 Å². The lowest BCUT2D eigenvalue weighted by Crippen LogP contribution is -2.08. The number of hydrogen-bond acceptors (Lipinski definition) is 10. The molecule has 0 saturated heterocycles. The molecule has 1 unspecified atom stereocenters. The van der Waals surface area contributed by atoms with Gasteiger partial charge in [-0.15, -0.1) is 0 Å². The minimum atomic E-state index is -3.75. The maximum absolute atomic E-state index is 12.3. The van der Waals surface area contributed by atoms with Crippen LogP contribution in [0.25, 0.3) is 22.5 Å². The molecule has 0 saturated carbocycles. The van der Waals surface area contributed by atoms with Crippen LogP contribution in [0.2, 0.25) is 0 Å². The van der Waals surface area contributed by atoms with Crippen molar-refractivity contribution in [2.75, 3.05) is 12.5 Å². The largest absolute Gasteiger partial charge is 0.481 e. The van der Waals surface area contributed by atoms with Gasteiger partial charge in [0, 0.05) is 36.9 Å². The van der Waals surface area contributed by atoms with E-state index in [2.05, 4.69) is 36.8 Å². The summed E-state index contributed by atoms with van der Waals surface area (Å²) in [5, 5.41) is 8.53. The van der Waals surface area contributed by atoms with Crippen LogP contribution in [0.5, 0.6) is 0 Å². The summed E-state index contributed by atoms with van der Waals surface area (Å²) in [6, 6.07) is 2.97. The lowest BCUT2D eigenvalue weighted by Gasteiger charge is -2.10. The molecule has 3 heterocycles. The zero-order valence-corrected chi connectivity index (χ0v) is 19.9. The average molecular weight is 502 g/mol. The fourth-order valence-corrected chi connectivity index (χ4v) is 4.44. The van der Waals surface area contributed by atoms with Gasteiger partial charge in [0.25, 0.3) is 0 Å². The Labute approximate surface area is 196 Å². The first-order valence-corrected chi connectivity index (χ1v) is 13.4. The molecule has 0 aliphatic carbocycles. The van der Waals surface area contributed by atoms with Crippen LogP contribution in [-0.2, 0) is 24.5 Å². The Balaban J connectivity index is 2.28. The molecule has 3 rings (SSSR count). The van der Waals surface area contributed by atoms with Gasteiger partial charge >= 0.3 is 5.97 Å². The molecular formula is C21H19N5O6S2. The van der Waals surface area contributed by atoms with Crippen molar-refractivity contribution in [3.8, 4) is 34.4 Å². The Morgan fingerprint density at radius 1 is 0.941 bits per heavy atom. The number of hydrogen-bond donors (Lipinski definition) is 1. The van der Waals surface area contributed by atoms with Crippen molar-refractivity contribution in [2.24, 2.45) is 5.92 Å². The summed E-state index contributed by atoms with van der Waals surface area (Å²) in [7, 11) is -7.51. The smallest absolute Gasteiger partial charge is 0.307 e. The standard InChI is InChI=1S/C21H19N5O6S2/c1-13(21(27)28)5-4-6-14-7-17(15-9-22-11-24-19(15)33(2,29)30)26-18(8-14)16-10-23-12-25-20(16)34(3,31)32/h7-13H,5H2,1-3H3,(H,27,28). The van der Waals surface area contributed by atoms with Crippen LogP contribution < -0.4 is 0 Å². The monoisotopic (exact) mass is 501 g/mol. The number of rotatable bonds is 6. The van der Waals surface area contributed by atoms with Crippen LogP contribution in [0.3, 0.4) is 0 Å². The number of aromatic nitrogens is 5. The third-order valence-corrected chi connectivity index (χ3v) is 6.55.